The molecule has 1 fully saturated rings. The van der Waals surface area contributed by atoms with Gasteiger partial charge in [-0.05, 0) is 6.92 Å². The molecule has 94 valence electrons. The van der Waals surface area contributed by atoms with Crippen LogP contribution in [-0.4, -0.2) is 62.8 Å². The number of nitrogens with zero attached hydrogens (tertiary/aromatic N) is 4. The number of carbonyl (C=O) groups is 1. The minimum atomic E-state index is -0.286. The van der Waals surface area contributed by atoms with Gasteiger partial charge in [-0.15, -0.1) is 5.10 Å². The van der Waals surface area contributed by atoms with Gasteiger partial charge < -0.3 is 14.7 Å². The van der Waals surface area contributed by atoms with Gasteiger partial charge in [-0.2, -0.15) is 0 Å². The summed E-state index contributed by atoms with van der Waals surface area (Å²) < 4.78 is 6.86. The number of aromatic nitrogens is 3. The van der Waals surface area contributed by atoms with Gasteiger partial charge >= 0.3 is 0 Å². The quantitative estimate of drug-likeness (QED) is 0.724. The normalized spacial score (nSPS) is 24.9. The number of hydrogen-bond acceptors (Lipinski definition) is 5. The van der Waals surface area contributed by atoms with Crippen LogP contribution in [0.2, 0.25) is 0 Å². The highest BCUT2D eigenvalue weighted by atomic mass is 16.5. The third-order valence-electron chi connectivity index (χ3n) is 2.80. The fourth-order valence-electron chi connectivity index (χ4n) is 1.82. The van der Waals surface area contributed by atoms with E-state index >= 15 is 0 Å². The summed E-state index contributed by atoms with van der Waals surface area (Å²) in [5, 5.41) is 16.4. The summed E-state index contributed by atoms with van der Waals surface area (Å²) in [5.74, 6) is -0.0373. The molecule has 2 unspecified atom stereocenters. The van der Waals surface area contributed by atoms with Crippen molar-refractivity contribution in [2.45, 2.75) is 25.6 Å². The molecule has 1 aliphatic rings. The molecule has 0 aromatic carbocycles. The molecule has 1 amide bonds. The predicted molar refractivity (Wildman–Crippen MR) is 58.0 cm³/mol. The number of amides is 1. The Morgan fingerprint density at radius 3 is 3.12 bits per heavy atom. The van der Waals surface area contributed by atoms with Crippen LogP contribution in [0, 0.1) is 0 Å². The fraction of sp³-hybridized carbons (Fsp3) is 0.700. The molecule has 2 rings (SSSR count). The Balaban J connectivity index is 1.97. The van der Waals surface area contributed by atoms with Gasteiger partial charge in [-0.1, -0.05) is 5.21 Å². The zero-order valence-corrected chi connectivity index (χ0v) is 9.69. The summed E-state index contributed by atoms with van der Waals surface area (Å²) in [5.41, 5.74) is 0. The topological polar surface area (TPSA) is 80.5 Å². The second-order valence-corrected chi connectivity index (χ2v) is 4.13. The Morgan fingerprint density at radius 1 is 1.65 bits per heavy atom. The lowest BCUT2D eigenvalue weighted by atomic mass is 10.2. The average Bonchev–Trinajstić information content (AvgIpc) is 2.82. The molecule has 1 aromatic rings. The third-order valence-corrected chi connectivity index (χ3v) is 2.80. The summed E-state index contributed by atoms with van der Waals surface area (Å²) in [7, 11) is 0. The van der Waals surface area contributed by atoms with Gasteiger partial charge in [-0.3, -0.25) is 4.79 Å². The van der Waals surface area contributed by atoms with Crippen LogP contribution in [0.25, 0.3) is 0 Å². The first kappa shape index (κ1) is 12.0. The number of carbonyl (C=O) groups excluding carboxylic acids is 1. The van der Waals surface area contributed by atoms with E-state index in [4.69, 9.17) is 9.84 Å². The summed E-state index contributed by atoms with van der Waals surface area (Å²) in [6.07, 6.45) is 2.89. The molecule has 7 nitrogen and oxygen atoms in total. The van der Waals surface area contributed by atoms with Gasteiger partial charge in [0.25, 0.3) is 0 Å². The van der Waals surface area contributed by atoms with Gasteiger partial charge in [0.2, 0.25) is 5.91 Å². The first-order valence-corrected chi connectivity index (χ1v) is 5.56. The first-order valence-electron chi connectivity index (χ1n) is 5.56. The van der Waals surface area contributed by atoms with E-state index in [1.807, 2.05) is 6.92 Å². The van der Waals surface area contributed by atoms with Crippen LogP contribution >= 0.6 is 0 Å². The minimum absolute atomic E-state index is 0.0221. The summed E-state index contributed by atoms with van der Waals surface area (Å²) in [4.78, 5) is 13.8. The maximum Gasteiger partial charge on any atom is 0.244 e. The second kappa shape index (κ2) is 5.24. The van der Waals surface area contributed by atoms with Crippen LogP contribution < -0.4 is 0 Å². The maximum atomic E-state index is 12.0. The highest BCUT2D eigenvalue weighted by molar-refractivity contribution is 5.76. The van der Waals surface area contributed by atoms with E-state index in [0.29, 0.717) is 13.2 Å². The maximum absolute atomic E-state index is 12.0. The predicted octanol–water partition coefficient (Wildman–Crippen LogP) is -1.11. The van der Waals surface area contributed by atoms with E-state index in [1.165, 1.54) is 10.9 Å². The Bertz CT molecular complexity index is 368. The highest BCUT2D eigenvalue weighted by Gasteiger charge is 2.29. The number of morpholine rings is 1. The van der Waals surface area contributed by atoms with E-state index < -0.39 is 0 Å². The molecule has 2 atom stereocenters. The van der Waals surface area contributed by atoms with Crippen LogP contribution in [0.3, 0.4) is 0 Å². The number of rotatable bonds is 3. The van der Waals surface area contributed by atoms with Crippen LogP contribution in [-0.2, 0) is 16.1 Å². The van der Waals surface area contributed by atoms with Crippen molar-refractivity contribution in [3.63, 3.8) is 0 Å². The molecule has 0 aliphatic carbocycles. The number of ether oxygens (including phenoxy) is 1. The SMILES string of the molecule is CC1COC(CO)CN1C(=O)Cn1ccnn1. The number of aliphatic hydroxyl groups is 1. The standard InChI is InChI=1S/C10H16N4O3/c1-8-7-17-9(6-15)4-14(8)10(16)5-13-3-2-11-12-13/h2-3,8-9,15H,4-7H2,1H3. The number of aliphatic hydroxyl groups excluding tert-OH is 1. The van der Waals surface area contributed by atoms with Crippen molar-refractivity contribution < 1.29 is 14.6 Å². The van der Waals surface area contributed by atoms with Crippen molar-refractivity contribution in [3.05, 3.63) is 12.4 Å². The Morgan fingerprint density at radius 2 is 2.47 bits per heavy atom. The smallest absolute Gasteiger partial charge is 0.244 e. The Labute approximate surface area is 99.0 Å². The lowest BCUT2D eigenvalue weighted by molar-refractivity contribution is -0.147. The molecule has 1 N–H and O–H groups in total. The number of hydrogen-bond donors (Lipinski definition) is 1. The molecule has 7 heteroatoms. The zero-order valence-electron chi connectivity index (χ0n) is 9.69. The Hall–Kier alpha value is -1.47. The lowest BCUT2D eigenvalue weighted by Gasteiger charge is -2.37. The molecule has 0 bridgehead atoms. The van der Waals surface area contributed by atoms with Gasteiger partial charge in [0, 0.05) is 12.7 Å². The fourth-order valence-corrected chi connectivity index (χ4v) is 1.82. The van der Waals surface area contributed by atoms with Crippen LogP contribution in [0.4, 0.5) is 0 Å². The van der Waals surface area contributed by atoms with Crippen LogP contribution in [0.5, 0.6) is 0 Å². The molecular formula is C10H16N4O3. The van der Waals surface area contributed by atoms with Crippen molar-refractivity contribution in [2.75, 3.05) is 19.8 Å². The van der Waals surface area contributed by atoms with Crippen molar-refractivity contribution >= 4 is 5.91 Å². The molecule has 1 saturated heterocycles. The molecular weight excluding hydrogens is 224 g/mol. The first-order chi connectivity index (χ1) is 8.20. The molecule has 17 heavy (non-hydrogen) atoms. The Kier molecular flexibility index (Phi) is 3.70. The van der Waals surface area contributed by atoms with Crippen LogP contribution in [0.1, 0.15) is 6.92 Å². The average molecular weight is 240 g/mol. The minimum Gasteiger partial charge on any atom is -0.394 e. The monoisotopic (exact) mass is 240 g/mol. The molecule has 1 aliphatic heterocycles. The van der Waals surface area contributed by atoms with E-state index in [1.54, 1.807) is 11.1 Å². The molecule has 0 spiro atoms. The van der Waals surface area contributed by atoms with E-state index in [2.05, 4.69) is 10.3 Å². The van der Waals surface area contributed by atoms with Gasteiger partial charge in [0.15, 0.2) is 0 Å². The van der Waals surface area contributed by atoms with Crippen molar-refractivity contribution in [2.24, 2.45) is 0 Å². The highest BCUT2D eigenvalue weighted by Crippen LogP contribution is 2.12. The van der Waals surface area contributed by atoms with Gasteiger partial charge in [-0.25, -0.2) is 4.68 Å². The molecule has 0 radical (unpaired) electrons. The van der Waals surface area contributed by atoms with Gasteiger partial charge in [0.1, 0.15) is 6.54 Å². The largest absolute Gasteiger partial charge is 0.394 e. The van der Waals surface area contributed by atoms with Crippen molar-refractivity contribution in [1.82, 2.24) is 19.9 Å². The third kappa shape index (κ3) is 2.80. The molecule has 1 aromatic heterocycles. The summed E-state index contributed by atoms with van der Waals surface area (Å²) >= 11 is 0. The van der Waals surface area contributed by atoms with Gasteiger partial charge in [0.05, 0.1) is 31.6 Å². The molecule has 0 saturated carbocycles. The van der Waals surface area contributed by atoms with Crippen LogP contribution in [0.15, 0.2) is 12.4 Å². The van der Waals surface area contributed by atoms with E-state index in [-0.39, 0.29) is 31.2 Å². The zero-order chi connectivity index (χ0) is 12.3. The lowest BCUT2D eigenvalue weighted by Crippen LogP contribution is -2.52. The molecule has 2 heterocycles. The van der Waals surface area contributed by atoms with Crippen molar-refractivity contribution in [3.8, 4) is 0 Å². The second-order valence-electron chi connectivity index (χ2n) is 4.13. The van der Waals surface area contributed by atoms with E-state index in [0.717, 1.165) is 0 Å². The summed E-state index contributed by atoms with van der Waals surface area (Å²) in [6, 6.07) is 0.0221. The van der Waals surface area contributed by atoms with E-state index in [9.17, 15) is 4.79 Å². The van der Waals surface area contributed by atoms with Crippen molar-refractivity contribution in [1.29, 1.82) is 0 Å². The summed E-state index contributed by atoms with van der Waals surface area (Å²) in [6.45, 7) is 2.90.